The van der Waals surface area contributed by atoms with Crippen LogP contribution in [0.15, 0.2) is 24.3 Å². The maximum absolute atomic E-state index is 11.5. The number of ether oxygens (including phenoxy) is 3. The van der Waals surface area contributed by atoms with E-state index in [9.17, 15) is 9.59 Å². The van der Waals surface area contributed by atoms with Crippen LogP contribution in [0.5, 0.6) is 5.75 Å². The number of carbonyl (C=O) groups is 2. The third-order valence-electron chi connectivity index (χ3n) is 2.90. The smallest absolute Gasteiger partial charge is 0.338 e. The Balaban J connectivity index is 1.82. The Hall–Kier alpha value is -2.08. The molecule has 0 bridgehead atoms. The molecule has 6 heteroatoms. The summed E-state index contributed by atoms with van der Waals surface area (Å²) in [4.78, 5) is 22.0. The molecule has 0 radical (unpaired) electrons. The molecule has 0 aromatic heterocycles. The minimum Gasteiger partial charge on any atom is -0.491 e. The van der Waals surface area contributed by atoms with Crippen molar-refractivity contribution in [3.05, 3.63) is 29.8 Å². The SMILES string of the molecule is NC(=O)COC(=O)c1ccc(OC[C@H]2CCCO2)cc1. The van der Waals surface area contributed by atoms with Crippen LogP contribution in [0, 0.1) is 0 Å². The van der Waals surface area contributed by atoms with E-state index in [4.69, 9.17) is 19.9 Å². The van der Waals surface area contributed by atoms with Gasteiger partial charge in [-0.05, 0) is 37.1 Å². The summed E-state index contributed by atoms with van der Waals surface area (Å²) in [6.07, 6.45) is 2.23. The summed E-state index contributed by atoms with van der Waals surface area (Å²) < 4.78 is 15.7. The number of hydrogen-bond donors (Lipinski definition) is 1. The van der Waals surface area contributed by atoms with Crippen molar-refractivity contribution >= 4 is 11.9 Å². The number of primary amides is 1. The maximum atomic E-state index is 11.5. The molecule has 1 heterocycles. The van der Waals surface area contributed by atoms with Crippen LogP contribution in [0.4, 0.5) is 0 Å². The second kappa shape index (κ2) is 6.91. The zero-order valence-corrected chi connectivity index (χ0v) is 11.0. The fraction of sp³-hybridized carbons (Fsp3) is 0.429. The van der Waals surface area contributed by atoms with Crippen LogP contribution in [0.3, 0.4) is 0 Å². The Morgan fingerprint density at radius 1 is 1.30 bits per heavy atom. The molecule has 1 aromatic carbocycles. The second-order valence-corrected chi connectivity index (χ2v) is 4.51. The zero-order chi connectivity index (χ0) is 14.4. The van der Waals surface area contributed by atoms with E-state index in [0.29, 0.717) is 17.9 Å². The highest BCUT2D eigenvalue weighted by atomic mass is 16.5. The maximum Gasteiger partial charge on any atom is 0.338 e. The fourth-order valence-corrected chi connectivity index (χ4v) is 1.87. The predicted molar refractivity (Wildman–Crippen MR) is 70.4 cm³/mol. The average molecular weight is 279 g/mol. The van der Waals surface area contributed by atoms with Crippen molar-refractivity contribution in [2.75, 3.05) is 19.8 Å². The largest absolute Gasteiger partial charge is 0.491 e. The molecule has 0 saturated carbocycles. The van der Waals surface area contributed by atoms with Crippen LogP contribution in [-0.4, -0.2) is 37.8 Å². The Kier molecular flexibility index (Phi) is 4.95. The molecule has 20 heavy (non-hydrogen) atoms. The topological polar surface area (TPSA) is 87.9 Å². The van der Waals surface area contributed by atoms with Crippen LogP contribution in [0.2, 0.25) is 0 Å². The first-order valence-electron chi connectivity index (χ1n) is 6.45. The first-order valence-corrected chi connectivity index (χ1v) is 6.45. The highest BCUT2D eigenvalue weighted by Gasteiger charge is 2.16. The lowest BCUT2D eigenvalue weighted by molar-refractivity contribution is -0.121. The van der Waals surface area contributed by atoms with Crippen molar-refractivity contribution in [1.82, 2.24) is 0 Å². The molecule has 2 N–H and O–H groups in total. The fourth-order valence-electron chi connectivity index (χ4n) is 1.87. The average Bonchev–Trinajstić information content (AvgIpc) is 2.96. The van der Waals surface area contributed by atoms with Crippen LogP contribution >= 0.6 is 0 Å². The Labute approximate surface area is 116 Å². The highest BCUT2D eigenvalue weighted by molar-refractivity contribution is 5.91. The Morgan fingerprint density at radius 3 is 2.65 bits per heavy atom. The molecule has 6 nitrogen and oxygen atoms in total. The molecular weight excluding hydrogens is 262 g/mol. The second-order valence-electron chi connectivity index (χ2n) is 4.51. The van der Waals surface area contributed by atoms with Gasteiger partial charge in [-0.2, -0.15) is 0 Å². The van der Waals surface area contributed by atoms with Crippen molar-refractivity contribution in [2.45, 2.75) is 18.9 Å². The minimum atomic E-state index is -0.685. The molecule has 1 amide bonds. The van der Waals surface area contributed by atoms with E-state index in [1.165, 1.54) is 0 Å². The van der Waals surface area contributed by atoms with Gasteiger partial charge in [0.2, 0.25) is 0 Å². The van der Waals surface area contributed by atoms with Gasteiger partial charge in [0.15, 0.2) is 6.61 Å². The predicted octanol–water partition coefficient (Wildman–Crippen LogP) is 0.886. The monoisotopic (exact) mass is 279 g/mol. The molecule has 0 aliphatic carbocycles. The summed E-state index contributed by atoms with van der Waals surface area (Å²) in [6, 6.07) is 6.51. The third-order valence-corrected chi connectivity index (χ3v) is 2.90. The van der Waals surface area contributed by atoms with Crippen LogP contribution in [0.1, 0.15) is 23.2 Å². The van der Waals surface area contributed by atoms with E-state index >= 15 is 0 Å². The molecule has 1 aliphatic rings. The number of esters is 1. The van der Waals surface area contributed by atoms with Gasteiger partial charge in [-0.25, -0.2) is 4.79 Å². The van der Waals surface area contributed by atoms with E-state index in [0.717, 1.165) is 19.4 Å². The molecule has 0 spiro atoms. The number of benzene rings is 1. The molecule has 0 unspecified atom stereocenters. The first-order chi connectivity index (χ1) is 9.65. The van der Waals surface area contributed by atoms with Crippen LogP contribution in [-0.2, 0) is 14.3 Å². The summed E-state index contributed by atoms with van der Waals surface area (Å²) in [5.74, 6) is -0.615. The summed E-state index contributed by atoms with van der Waals surface area (Å²) in [5.41, 5.74) is 5.24. The third kappa shape index (κ3) is 4.24. The van der Waals surface area contributed by atoms with Gasteiger partial charge in [0, 0.05) is 6.61 Å². The van der Waals surface area contributed by atoms with Gasteiger partial charge in [0.25, 0.3) is 5.91 Å². The lowest BCUT2D eigenvalue weighted by Crippen LogP contribution is -2.20. The number of nitrogens with two attached hydrogens (primary N) is 1. The molecule has 108 valence electrons. The van der Waals surface area contributed by atoms with Crippen LogP contribution in [0.25, 0.3) is 0 Å². The number of amides is 1. The summed E-state index contributed by atoms with van der Waals surface area (Å²) in [6.45, 7) is 0.875. The standard InChI is InChI=1S/C14H17NO5/c15-13(16)9-20-14(17)10-3-5-11(6-4-10)19-8-12-2-1-7-18-12/h3-6,12H,1-2,7-9H2,(H2,15,16)/t12-/m1/s1. The van der Waals surface area contributed by atoms with Crippen molar-refractivity contribution in [3.8, 4) is 5.75 Å². The van der Waals surface area contributed by atoms with Gasteiger partial charge >= 0.3 is 5.97 Å². The van der Waals surface area contributed by atoms with E-state index in [2.05, 4.69) is 0 Å². The van der Waals surface area contributed by atoms with Crippen molar-refractivity contribution in [3.63, 3.8) is 0 Å². The molecule has 2 rings (SSSR count). The van der Waals surface area contributed by atoms with Gasteiger partial charge in [0.1, 0.15) is 12.4 Å². The van der Waals surface area contributed by atoms with Gasteiger partial charge in [-0.3, -0.25) is 4.79 Å². The van der Waals surface area contributed by atoms with Gasteiger partial charge in [-0.1, -0.05) is 0 Å². The quantitative estimate of drug-likeness (QED) is 0.781. The van der Waals surface area contributed by atoms with E-state index < -0.39 is 18.5 Å². The zero-order valence-electron chi connectivity index (χ0n) is 11.0. The van der Waals surface area contributed by atoms with Crippen LogP contribution < -0.4 is 10.5 Å². The van der Waals surface area contributed by atoms with Crippen molar-refractivity contribution in [1.29, 1.82) is 0 Å². The first kappa shape index (κ1) is 14.3. The summed E-state index contributed by atoms with van der Waals surface area (Å²) >= 11 is 0. The van der Waals surface area contributed by atoms with Gasteiger partial charge in [-0.15, -0.1) is 0 Å². The van der Waals surface area contributed by atoms with Crippen molar-refractivity contribution in [2.24, 2.45) is 5.73 Å². The van der Waals surface area contributed by atoms with Gasteiger partial charge in [0.05, 0.1) is 11.7 Å². The lowest BCUT2D eigenvalue weighted by Gasteiger charge is -2.11. The molecule has 1 saturated heterocycles. The molecule has 1 fully saturated rings. The minimum absolute atomic E-state index is 0.148. The van der Waals surface area contributed by atoms with Gasteiger partial charge < -0.3 is 19.9 Å². The molecule has 1 atom stereocenters. The Morgan fingerprint density at radius 2 is 2.05 bits per heavy atom. The molecule has 1 aromatic rings. The van der Waals surface area contributed by atoms with E-state index in [1.54, 1.807) is 24.3 Å². The van der Waals surface area contributed by atoms with E-state index in [1.807, 2.05) is 0 Å². The molecular formula is C14H17NO5. The van der Waals surface area contributed by atoms with E-state index in [-0.39, 0.29) is 6.10 Å². The number of hydrogen-bond acceptors (Lipinski definition) is 5. The normalized spacial score (nSPS) is 17.7. The number of carbonyl (C=O) groups excluding carboxylic acids is 2. The number of rotatable bonds is 6. The van der Waals surface area contributed by atoms with Crippen molar-refractivity contribution < 1.29 is 23.8 Å². The molecule has 1 aliphatic heterocycles. The summed E-state index contributed by atoms with van der Waals surface area (Å²) in [7, 11) is 0. The highest BCUT2D eigenvalue weighted by Crippen LogP contribution is 2.16. The Bertz CT molecular complexity index is 465. The summed E-state index contributed by atoms with van der Waals surface area (Å²) in [5, 5.41) is 0. The lowest BCUT2D eigenvalue weighted by atomic mass is 10.2.